The molecule has 0 radical (unpaired) electrons. The lowest BCUT2D eigenvalue weighted by molar-refractivity contribution is -0.192. The van der Waals surface area contributed by atoms with E-state index in [1.54, 1.807) is 11.3 Å². The molecule has 1 atom stereocenters. The Morgan fingerprint density at radius 2 is 2.12 bits per heavy atom. The molecule has 1 aromatic rings. The van der Waals surface area contributed by atoms with Crippen LogP contribution in [0.3, 0.4) is 0 Å². The summed E-state index contributed by atoms with van der Waals surface area (Å²) in [5, 5.41) is 11.5. The van der Waals surface area contributed by atoms with E-state index < -0.39 is 12.1 Å². The third-order valence-corrected chi connectivity index (χ3v) is 5.31. The number of carbonyl (C=O) groups is 1. The van der Waals surface area contributed by atoms with E-state index in [-0.39, 0.29) is 5.60 Å². The first-order valence-corrected chi connectivity index (χ1v) is 9.47. The van der Waals surface area contributed by atoms with E-state index in [1.807, 2.05) is 0 Å². The van der Waals surface area contributed by atoms with Gasteiger partial charge in [0.25, 0.3) is 0 Å². The summed E-state index contributed by atoms with van der Waals surface area (Å²) in [6.45, 7) is 7.04. The first-order valence-electron chi connectivity index (χ1n) is 8.53. The van der Waals surface area contributed by atoms with Crippen molar-refractivity contribution in [2.45, 2.75) is 50.6 Å². The molecular weight excluding hydrogens is 371 g/mol. The average Bonchev–Trinajstić information content (AvgIpc) is 3.21. The van der Waals surface area contributed by atoms with Gasteiger partial charge in [-0.3, -0.25) is 4.90 Å². The molecule has 2 saturated heterocycles. The van der Waals surface area contributed by atoms with Gasteiger partial charge in [0.15, 0.2) is 0 Å². The number of likely N-dealkylation sites (tertiary alicyclic amines) is 1. The summed E-state index contributed by atoms with van der Waals surface area (Å²) in [5.74, 6) is -2.76. The lowest BCUT2D eigenvalue weighted by Gasteiger charge is -2.38. The van der Waals surface area contributed by atoms with Gasteiger partial charge in [-0.2, -0.15) is 24.5 Å². The van der Waals surface area contributed by atoms with Gasteiger partial charge in [0.1, 0.15) is 0 Å². The molecule has 5 nitrogen and oxygen atoms in total. The van der Waals surface area contributed by atoms with Crippen molar-refractivity contribution in [3.63, 3.8) is 0 Å². The van der Waals surface area contributed by atoms with Crippen molar-refractivity contribution >= 4 is 17.3 Å². The van der Waals surface area contributed by atoms with Gasteiger partial charge in [-0.25, -0.2) is 4.79 Å². The zero-order chi connectivity index (χ0) is 19.2. The predicted octanol–water partition coefficient (Wildman–Crippen LogP) is 3.54. The van der Waals surface area contributed by atoms with Crippen LogP contribution in [0.4, 0.5) is 13.2 Å². The second-order valence-electron chi connectivity index (χ2n) is 6.49. The molecular formula is C17H24F3NO4S. The molecule has 0 aliphatic carbocycles. The summed E-state index contributed by atoms with van der Waals surface area (Å²) in [6.07, 6.45) is -1.36. The number of thiophene rings is 1. The number of halogens is 3. The highest BCUT2D eigenvalue weighted by atomic mass is 32.1. The highest BCUT2D eigenvalue weighted by Crippen LogP contribution is 2.37. The molecule has 9 heteroatoms. The van der Waals surface area contributed by atoms with E-state index in [1.165, 1.54) is 5.56 Å². The minimum absolute atomic E-state index is 0.116. The minimum atomic E-state index is -5.08. The van der Waals surface area contributed by atoms with Crippen LogP contribution in [0.1, 0.15) is 31.7 Å². The number of ether oxygens (including phenoxy) is 2. The molecule has 148 valence electrons. The number of hydrogen-bond donors (Lipinski definition) is 1. The molecule has 0 amide bonds. The average molecular weight is 395 g/mol. The summed E-state index contributed by atoms with van der Waals surface area (Å²) in [5.41, 5.74) is 1.56. The molecule has 1 unspecified atom stereocenters. The smallest absolute Gasteiger partial charge is 0.475 e. The third kappa shape index (κ3) is 6.22. The number of carboxylic acid groups (broad SMARTS) is 1. The van der Waals surface area contributed by atoms with Gasteiger partial charge in [-0.05, 0) is 42.2 Å². The molecule has 0 aromatic carbocycles. The van der Waals surface area contributed by atoms with E-state index in [0.29, 0.717) is 6.10 Å². The van der Waals surface area contributed by atoms with Crippen LogP contribution < -0.4 is 0 Å². The SMILES string of the molecule is CCOC1COC2(CCN(Cc3ccsc3)CC2)C1.O=C(O)C(F)(F)F. The Kier molecular flexibility index (Phi) is 7.45. The Hall–Kier alpha value is -1.16. The molecule has 2 aliphatic heterocycles. The summed E-state index contributed by atoms with van der Waals surface area (Å²) in [4.78, 5) is 11.4. The second kappa shape index (κ2) is 9.16. The van der Waals surface area contributed by atoms with E-state index in [4.69, 9.17) is 19.4 Å². The van der Waals surface area contributed by atoms with Crippen molar-refractivity contribution in [1.82, 2.24) is 4.90 Å². The molecule has 3 rings (SSSR count). The quantitative estimate of drug-likeness (QED) is 0.845. The van der Waals surface area contributed by atoms with Gasteiger partial charge < -0.3 is 14.6 Å². The molecule has 1 spiro atoms. The molecule has 1 N–H and O–H groups in total. The van der Waals surface area contributed by atoms with Gasteiger partial charge in [0.05, 0.1) is 18.3 Å². The normalized spacial score (nSPS) is 22.8. The second-order valence-corrected chi connectivity index (χ2v) is 7.27. The fourth-order valence-corrected chi connectivity index (χ4v) is 3.91. The van der Waals surface area contributed by atoms with Crippen LogP contribution in [0.15, 0.2) is 16.8 Å². The Bertz CT molecular complexity index is 557. The summed E-state index contributed by atoms with van der Waals surface area (Å²) in [7, 11) is 0. The van der Waals surface area contributed by atoms with Crippen LogP contribution >= 0.6 is 11.3 Å². The number of carboxylic acids is 1. The maximum atomic E-state index is 10.6. The maximum absolute atomic E-state index is 10.6. The highest BCUT2D eigenvalue weighted by Gasteiger charge is 2.43. The number of alkyl halides is 3. The topological polar surface area (TPSA) is 59.0 Å². The van der Waals surface area contributed by atoms with Gasteiger partial charge in [0.2, 0.25) is 0 Å². The molecule has 2 fully saturated rings. The van der Waals surface area contributed by atoms with Gasteiger partial charge >= 0.3 is 12.1 Å². The van der Waals surface area contributed by atoms with E-state index in [9.17, 15) is 13.2 Å². The molecule has 3 heterocycles. The lowest BCUT2D eigenvalue weighted by atomic mass is 9.88. The number of nitrogens with zero attached hydrogens (tertiary/aromatic N) is 1. The van der Waals surface area contributed by atoms with Crippen molar-refractivity contribution in [2.24, 2.45) is 0 Å². The monoisotopic (exact) mass is 395 g/mol. The van der Waals surface area contributed by atoms with Crippen LogP contribution in [-0.2, 0) is 20.8 Å². The van der Waals surface area contributed by atoms with E-state index >= 15 is 0 Å². The van der Waals surface area contributed by atoms with Crippen molar-refractivity contribution in [3.05, 3.63) is 22.4 Å². The zero-order valence-corrected chi connectivity index (χ0v) is 15.4. The predicted molar refractivity (Wildman–Crippen MR) is 91.2 cm³/mol. The number of hydrogen-bond acceptors (Lipinski definition) is 5. The van der Waals surface area contributed by atoms with Gasteiger partial charge in [-0.1, -0.05) is 0 Å². The summed E-state index contributed by atoms with van der Waals surface area (Å²) < 4.78 is 43.5. The lowest BCUT2D eigenvalue weighted by Crippen LogP contribution is -2.43. The van der Waals surface area contributed by atoms with Crippen molar-refractivity contribution in [2.75, 3.05) is 26.3 Å². The Morgan fingerprint density at radius 3 is 2.62 bits per heavy atom. The van der Waals surface area contributed by atoms with Crippen LogP contribution in [0, 0.1) is 0 Å². The first kappa shape index (κ1) is 21.1. The zero-order valence-electron chi connectivity index (χ0n) is 14.6. The molecule has 0 saturated carbocycles. The fourth-order valence-electron chi connectivity index (χ4n) is 3.25. The van der Waals surface area contributed by atoms with Gasteiger partial charge in [0, 0.05) is 32.7 Å². The highest BCUT2D eigenvalue weighted by molar-refractivity contribution is 7.07. The van der Waals surface area contributed by atoms with E-state index in [0.717, 1.165) is 52.1 Å². The Labute approximate surface area is 154 Å². The summed E-state index contributed by atoms with van der Waals surface area (Å²) in [6, 6.07) is 2.23. The standard InChI is InChI=1S/C15H23NO2S.C2HF3O2/c1-2-17-14-9-15(18-11-14)4-6-16(7-5-15)10-13-3-8-19-12-13;3-2(4,5)1(6)7/h3,8,12,14H,2,4-7,9-11H2,1H3;(H,6,7). The maximum Gasteiger partial charge on any atom is 0.490 e. The van der Waals surface area contributed by atoms with Crippen molar-refractivity contribution in [3.8, 4) is 0 Å². The molecule has 2 aliphatic rings. The number of aliphatic carboxylic acids is 1. The largest absolute Gasteiger partial charge is 0.490 e. The number of rotatable bonds is 4. The van der Waals surface area contributed by atoms with Crippen molar-refractivity contribution < 1.29 is 32.5 Å². The van der Waals surface area contributed by atoms with Crippen LogP contribution in [0.25, 0.3) is 0 Å². The van der Waals surface area contributed by atoms with Gasteiger partial charge in [-0.15, -0.1) is 0 Å². The Balaban J connectivity index is 0.000000298. The third-order valence-electron chi connectivity index (χ3n) is 4.57. The van der Waals surface area contributed by atoms with Crippen LogP contribution in [-0.4, -0.2) is 60.2 Å². The molecule has 0 bridgehead atoms. The fraction of sp³-hybridized carbons (Fsp3) is 0.706. The summed E-state index contributed by atoms with van der Waals surface area (Å²) >= 11 is 1.78. The number of piperidine rings is 1. The van der Waals surface area contributed by atoms with Crippen LogP contribution in [0.5, 0.6) is 0 Å². The van der Waals surface area contributed by atoms with E-state index in [2.05, 4.69) is 28.7 Å². The van der Waals surface area contributed by atoms with Crippen molar-refractivity contribution in [1.29, 1.82) is 0 Å². The molecule has 1 aromatic heterocycles. The molecule has 26 heavy (non-hydrogen) atoms. The Morgan fingerprint density at radius 1 is 1.46 bits per heavy atom. The minimum Gasteiger partial charge on any atom is -0.475 e. The first-order chi connectivity index (χ1) is 12.2. The van der Waals surface area contributed by atoms with Crippen LogP contribution in [0.2, 0.25) is 0 Å².